The van der Waals surface area contributed by atoms with Crippen LogP contribution >= 0.6 is 0 Å². The minimum Gasteiger partial charge on any atom is -0.359 e. The lowest BCUT2D eigenvalue weighted by atomic mass is 10.1. The van der Waals surface area contributed by atoms with E-state index in [4.69, 9.17) is 5.26 Å². The second kappa shape index (κ2) is 7.67. The molecule has 0 aliphatic carbocycles. The van der Waals surface area contributed by atoms with Gasteiger partial charge in [0.25, 0.3) is 0 Å². The molecule has 1 N–H and O–H groups in total. The van der Waals surface area contributed by atoms with E-state index in [0.717, 1.165) is 18.8 Å². The minimum atomic E-state index is 0.330. The number of nitrogens with one attached hydrogen (secondary N) is 1. The van der Waals surface area contributed by atoms with Crippen LogP contribution in [0, 0.1) is 11.3 Å². The van der Waals surface area contributed by atoms with Gasteiger partial charge in [0, 0.05) is 25.8 Å². The monoisotopic (exact) mass is 246 g/mol. The Labute approximate surface area is 110 Å². The maximum atomic E-state index is 8.59. The molecule has 0 aliphatic rings. The molecule has 1 unspecified atom stereocenters. The maximum Gasteiger partial charge on any atom is 0.128 e. The summed E-state index contributed by atoms with van der Waals surface area (Å²) in [5, 5.41) is 12.1. The molecule has 0 aromatic carbocycles. The number of rotatable bonds is 7. The van der Waals surface area contributed by atoms with Crippen LogP contribution in [0.25, 0.3) is 0 Å². The highest BCUT2D eigenvalue weighted by Crippen LogP contribution is 2.17. The van der Waals surface area contributed by atoms with Crippen LogP contribution in [0.5, 0.6) is 0 Å². The van der Waals surface area contributed by atoms with Crippen molar-refractivity contribution in [2.24, 2.45) is 0 Å². The predicted octanol–water partition coefficient (Wildman–Crippen LogP) is 2.49. The summed E-state index contributed by atoms with van der Waals surface area (Å²) >= 11 is 0. The summed E-state index contributed by atoms with van der Waals surface area (Å²) in [6.07, 6.45) is 3.48. The Hall–Kier alpha value is -1.60. The first-order valence-corrected chi connectivity index (χ1v) is 6.46. The van der Waals surface area contributed by atoms with E-state index in [1.54, 1.807) is 0 Å². The Morgan fingerprint density at radius 2 is 2.33 bits per heavy atom. The summed E-state index contributed by atoms with van der Waals surface area (Å²) in [7, 11) is 1.97. The topological polar surface area (TPSA) is 52.0 Å². The van der Waals surface area contributed by atoms with Gasteiger partial charge in [0.2, 0.25) is 0 Å². The summed E-state index contributed by atoms with van der Waals surface area (Å²) in [4.78, 5) is 6.36. The van der Waals surface area contributed by atoms with Crippen molar-refractivity contribution in [1.82, 2.24) is 10.3 Å². The number of nitrogens with zero attached hydrogens (tertiary/aromatic N) is 3. The van der Waals surface area contributed by atoms with Gasteiger partial charge >= 0.3 is 0 Å². The molecule has 98 valence electrons. The molecular formula is C14H22N4. The van der Waals surface area contributed by atoms with E-state index in [0.29, 0.717) is 19.0 Å². The lowest BCUT2D eigenvalue weighted by molar-refractivity contribution is 0.570. The number of hydrogen-bond donors (Lipinski definition) is 1. The third kappa shape index (κ3) is 4.34. The number of anilines is 1. The zero-order valence-electron chi connectivity index (χ0n) is 11.5. The van der Waals surface area contributed by atoms with Crippen LogP contribution in [0.2, 0.25) is 0 Å². The summed E-state index contributed by atoms with van der Waals surface area (Å²) in [6, 6.07) is 6.61. The first-order valence-electron chi connectivity index (χ1n) is 6.46. The Kier molecular flexibility index (Phi) is 6.16. The fourth-order valence-electron chi connectivity index (χ4n) is 1.72. The largest absolute Gasteiger partial charge is 0.359 e. The van der Waals surface area contributed by atoms with Crippen LogP contribution in [0.1, 0.15) is 38.3 Å². The van der Waals surface area contributed by atoms with Gasteiger partial charge in [0.15, 0.2) is 0 Å². The van der Waals surface area contributed by atoms with Crippen molar-refractivity contribution in [2.45, 2.75) is 32.7 Å². The summed E-state index contributed by atoms with van der Waals surface area (Å²) in [5.74, 6) is 0.924. The number of pyridine rings is 1. The molecule has 0 bridgehead atoms. The second-order valence-corrected chi connectivity index (χ2v) is 4.45. The molecule has 0 spiro atoms. The molecule has 0 radical (unpaired) electrons. The molecule has 0 aliphatic heterocycles. The Balaban J connectivity index is 2.69. The fourth-order valence-corrected chi connectivity index (χ4v) is 1.72. The molecule has 1 heterocycles. The van der Waals surface area contributed by atoms with E-state index >= 15 is 0 Å². The molecule has 0 saturated heterocycles. The van der Waals surface area contributed by atoms with E-state index in [-0.39, 0.29) is 0 Å². The quantitative estimate of drug-likeness (QED) is 0.803. The smallest absolute Gasteiger partial charge is 0.128 e. The van der Waals surface area contributed by atoms with Gasteiger partial charge in [0.1, 0.15) is 5.82 Å². The van der Waals surface area contributed by atoms with Gasteiger partial charge in [-0.15, -0.1) is 0 Å². The Morgan fingerprint density at radius 1 is 1.56 bits per heavy atom. The van der Waals surface area contributed by atoms with E-state index in [1.807, 2.05) is 24.2 Å². The second-order valence-electron chi connectivity index (χ2n) is 4.45. The minimum absolute atomic E-state index is 0.330. The molecule has 0 fully saturated rings. The lowest BCUT2D eigenvalue weighted by Gasteiger charge is -2.19. The first kappa shape index (κ1) is 14.5. The highest BCUT2D eigenvalue weighted by Gasteiger charge is 2.07. The van der Waals surface area contributed by atoms with Crippen LogP contribution in [0.15, 0.2) is 18.3 Å². The molecule has 4 nitrogen and oxygen atoms in total. The molecule has 1 atom stereocenters. The zero-order valence-corrected chi connectivity index (χ0v) is 11.5. The molecule has 4 heteroatoms. The van der Waals surface area contributed by atoms with Crippen molar-refractivity contribution >= 4 is 5.82 Å². The lowest BCUT2D eigenvalue weighted by Crippen LogP contribution is -2.22. The van der Waals surface area contributed by atoms with E-state index < -0.39 is 0 Å². The number of aromatic nitrogens is 1. The normalized spacial score (nSPS) is 11.9. The Bertz CT molecular complexity index is 397. The number of hydrogen-bond acceptors (Lipinski definition) is 4. The maximum absolute atomic E-state index is 8.59. The van der Waals surface area contributed by atoms with Crippen molar-refractivity contribution in [2.75, 3.05) is 25.0 Å². The molecule has 0 amide bonds. The standard InChI is InChI=1S/C14H22N4/c1-4-8-16-12(2)13-6-9-17-14(11-13)18(3)10-5-7-15/h6,9,11-12,16H,4-5,8,10H2,1-3H3. The average molecular weight is 246 g/mol. The van der Waals surface area contributed by atoms with Gasteiger partial charge < -0.3 is 10.2 Å². The van der Waals surface area contributed by atoms with Crippen LogP contribution in [-0.2, 0) is 0 Å². The number of nitriles is 1. The first-order chi connectivity index (χ1) is 8.69. The van der Waals surface area contributed by atoms with Crippen molar-refractivity contribution in [1.29, 1.82) is 5.26 Å². The third-order valence-electron chi connectivity index (χ3n) is 2.92. The van der Waals surface area contributed by atoms with Gasteiger partial charge in [-0.2, -0.15) is 5.26 Å². The van der Waals surface area contributed by atoms with Crippen LogP contribution in [0.3, 0.4) is 0 Å². The molecule has 0 saturated carbocycles. The van der Waals surface area contributed by atoms with Gasteiger partial charge in [-0.05, 0) is 37.6 Å². The third-order valence-corrected chi connectivity index (χ3v) is 2.92. The van der Waals surface area contributed by atoms with Crippen molar-refractivity contribution < 1.29 is 0 Å². The van der Waals surface area contributed by atoms with E-state index in [9.17, 15) is 0 Å². The summed E-state index contributed by atoms with van der Waals surface area (Å²) in [5.41, 5.74) is 1.23. The van der Waals surface area contributed by atoms with E-state index in [1.165, 1.54) is 5.56 Å². The van der Waals surface area contributed by atoms with Gasteiger partial charge in [-0.3, -0.25) is 0 Å². The van der Waals surface area contributed by atoms with Gasteiger partial charge in [0.05, 0.1) is 12.5 Å². The zero-order chi connectivity index (χ0) is 13.4. The SMILES string of the molecule is CCCNC(C)c1ccnc(N(C)CCC#N)c1. The summed E-state index contributed by atoms with van der Waals surface area (Å²) < 4.78 is 0. The van der Waals surface area contributed by atoms with E-state index in [2.05, 4.69) is 36.3 Å². The molecule has 1 aromatic rings. The predicted molar refractivity (Wildman–Crippen MR) is 74.4 cm³/mol. The average Bonchev–Trinajstić information content (AvgIpc) is 2.42. The van der Waals surface area contributed by atoms with Crippen LogP contribution in [0.4, 0.5) is 5.82 Å². The molecule has 18 heavy (non-hydrogen) atoms. The molecule has 1 aromatic heterocycles. The fraction of sp³-hybridized carbons (Fsp3) is 0.571. The molecular weight excluding hydrogens is 224 g/mol. The Morgan fingerprint density at radius 3 is 3.00 bits per heavy atom. The van der Waals surface area contributed by atoms with Gasteiger partial charge in [-0.1, -0.05) is 6.92 Å². The molecule has 1 rings (SSSR count). The highest BCUT2D eigenvalue weighted by atomic mass is 15.2. The van der Waals surface area contributed by atoms with Crippen molar-refractivity contribution in [3.8, 4) is 6.07 Å². The summed E-state index contributed by atoms with van der Waals surface area (Å²) in [6.45, 7) is 6.05. The van der Waals surface area contributed by atoms with Crippen LogP contribution in [-0.4, -0.2) is 25.1 Å². The highest BCUT2D eigenvalue weighted by molar-refractivity contribution is 5.41. The van der Waals surface area contributed by atoms with Gasteiger partial charge in [-0.25, -0.2) is 4.98 Å². The van der Waals surface area contributed by atoms with Crippen molar-refractivity contribution in [3.63, 3.8) is 0 Å². The van der Waals surface area contributed by atoms with Crippen LogP contribution < -0.4 is 10.2 Å². The van der Waals surface area contributed by atoms with Crippen molar-refractivity contribution in [3.05, 3.63) is 23.9 Å².